The highest BCUT2D eigenvalue weighted by Crippen LogP contribution is 2.02. The molecular weight excluding hydrogens is 284 g/mol. The molecule has 0 aliphatic rings. The predicted molar refractivity (Wildman–Crippen MR) is 71.1 cm³/mol. The molecule has 2 amide bonds. The molecule has 0 aromatic heterocycles. The second-order valence-electron chi connectivity index (χ2n) is 4.64. The Balaban J connectivity index is 4.81. The van der Waals surface area contributed by atoms with E-state index in [0.29, 0.717) is 0 Å². The number of aliphatic carboxylic acids is 2. The molecule has 0 aliphatic heterocycles. The summed E-state index contributed by atoms with van der Waals surface area (Å²) in [5, 5.41) is 17.6. The molecule has 120 valence electrons. The normalized spacial score (nSPS) is 12.3. The van der Waals surface area contributed by atoms with E-state index in [-0.39, 0.29) is 19.6 Å². The van der Waals surface area contributed by atoms with Crippen LogP contribution in [0.5, 0.6) is 0 Å². The lowest BCUT2D eigenvalue weighted by molar-refractivity contribution is -0.141. The van der Waals surface area contributed by atoms with Crippen LogP contribution in [0.25, 0.3) is 0 Å². The smallest absolute Gasteiger partial charge is 0.317 e. The lowest BCUT2D eigenvalue weighted by atomic mass is 10.2. The average molecular weight is 304 g/mol. The van der Waals surface area contributed by atoms with Crippen LogP contribution in [-0.4, -0.2) is 82.5 Å². The van der Waals surface area contributed by atoms with Gasteiger partial charge in [0, 0.05) is 12.6 Å². The van der Waals surface area contributed by atoms with E-state index in [1.807, 2.05) is 0 Å². The van der Waals surface area contributed by atoms with Crippen molar-refractivity contribution in [2.24, 2.45) is 11.5 Å². The van der Waals surface area contributed by atoms with Crippen molar-refractivity contribution in [1.82, 2.24) is 9.80 Å². The molecule has 21 heavy (non-hydrogen) atoms. The molecule has 6 N–H and O–H groups in total. The summed E-state index contributed by atoms with van der Waals surface area (Å²) in [7, 11) is 0. The van der Waals surface area contributed by atoms with Crippen LogP contribution in [0.3, 0.4) is 0 Å². The van der Waals surface area contributed by atoms with Crippen molar-refractivity contribution in [3.63, 3.8) is 0 Å². The van der Waals surface area contributed by atoms with Gasteiger partial charge in [0.15, 0.2) is 0 Å². The number of amides is 2. The quantitative estimate of drug-likeness (QED) is 0.315. The molecule has 0 unspecified atom stereocenters. The summed E-state index contributed by atoms with van der Waals surface area (Å²) in [4.78, 5) is 45.9. The van der Waals surface area contributed by atoms with Gasteiger partial charge < -0.3 is 21.7 Å². The molecule has 0 radical (unpaired) electrons. The van der Waals surface area contributed by atoms with Crippen LogP contribution < -0.4 is 11.5 Å². The fourth-order valence-corrected chi connectivity index (χ4v) is 1.83. The first kappa shape index (κ1) is 18.8. The number of nitrogens with two attached hydrogens (primary N) is 2. The second-order valence-corrected chi connectivity index (χ2v) is 4.64. The number of nitrogens with zero attached hydrogens (tertiary/aromatic N) is 2. The van der Waals surface area contributed by atoms with Crippen molar-refractivity contribution in [3.8, 4) is 0 Å². The van der Waals surface area contributed by atoms with E-state index < -0.39 is 42.9 Å². The van der Waals surface area contributed by atoms with E-state index in [9.17, 15) is 19.2 Å². The number of carboxylic acid groups (broad SMARTS) is 2. The van der Waals surface area contributed by atoms with Crippen molar-refractivity contribution in [1.29, 1.82) is 0 Å². The number of carbonyl (C=O) groups excluding carboxylic acids is 2. The van der Waals surface area contributed by atoms with Crippen LogP contribution in [0.2, 0.25) is 0 Å². The molecule has 0 saturated heterocycles. The summed E-state index contributed by atoms with van der Waals surface area (Å²) in [6.45, 7) is 0.225. The van der Waals surface area contributed by atoms with Crippen molar-refractivity contribution in [2.75, 3.05) is 32.7 Å². The fraction of sp³-hybridized carbons (Fsp3) is 0.636. The largest absolute Gasteiger partial charge is 0.480 e. The molecule has 0 aromatic rings. The monoisotopic (exact) mass is 304 g/mol. The Hall–Kier alpha value is -2.20. The summed E-state index contributed by atoms with van der Waals surface area (Å²) >= 11 is 0. The van der Waals surface area contributed by atoms with Gasteiger partial charge in [-0.25, -0.2) is 0 Å². The zero-order valence-corrected chi connectivity index (χ0v) is 11.7. The van der Waals surface area contributed by atoms with E-state index in [2.05, 4.69) is 0 Å². The van der Waals surface area contributed by atoms with Gasteiger partial charge in [0.1, 0.15) is 0 Å². The maximum atomic E-state index is 10.9. The highest BCUT2D eigenvalue weighted by atomic mass is 16.4. The lowest BCUT2D eigenvalue weighted by Crippen LogP contribution is -2.50. The summed E-state index contributed by atoms with van der Waals surface area (Å²) < 4.78 is 0. The van der Waals surface area contributed by atoms with E-state index in [1.54, 1.807) is 6.92 Å². The van der Waals surface area contributed by atoms with E-state index >= 15 is 0 Å². The third-order valence-corrected chi connectivity index (χ3v) is 2.58. The standard InChI is InChI=1S/C11H20N4O6/c1-7(15(4-9(13)17)6-11(20)21)2-14(3-8(12)16)5-10(18)19/h7H,2-6H2,1H3,(H2,12,16)(H2,13,17)(H,18,19)(H,20,21)/t7-/m0/s1. The minimum absolute atomic E-state index is 0.0514. The van der Waals surface area contributed by atoms with Crippen LogP contribution in [0.15, 0.2) is 0 Å². The Bertz CT molecular complexity index is 382. The van der Waals surface area contributed by atoms with Gasteiger partial charge >= 0.3 is 11.9 Å². The first-order chi connectivity index (χ1) is 9.61. The molecule has 0 rings (SSSR count). The van der Waals surface area contributed by atoms with Crippen LogP contribution >= 0.6 is 0 Å². The highest BCUT2D eigenvalue weighted by molar-refractivity contribution is 5.78. The lowest BCUT2D eigenvalue weighted by Gasteiger charge is -2.30. The minimum Gasteiger partial charge on any atom is -0.480 e. The SMILES string of the molecule is C[C@@H](CN(CC(N)=O)CC(=O)O)N(CC(N)=O)CC(=O)O. The third kappa shape index (κ3) is 9.35. The number of carboxylic acids is 2. The molecule has 1 atom stereocenters. The first-order valence-electron chi connectivity index (χ1n) is 6.08. The summed E-state index contributed by atoms with van der Waals surface area (Å²) in [5.41, 5.74) is 10.1. The molecule has 0 saturated carbocycles. The molecule has 0 heterocycles. The van der Waals surface area contributed by atoms with Gasteiger partial charge in [-0.15, -0.1) is 0 Å². The number of carbonyl (C=O) groups is 4. The average Bonchev–Trinajstić information content (AvgIpc) is 2.24. The molecule has 0 aliphatic carbocycles. The fourth-order valence-electron chi connectivity index (χ4n) is 1.83. The zero-order chi connectivity index (χ0) is 16.6. The third-order valence-electron chi connectivity index (χ3n) is 2.58. The first-order valence-corrected chi connectivity index (χ1v) is 6.08. The Morgan fingerprint density at radius 1 is 0.905 bits per heavy atom. The van der Waals surface area contributed by atoms with Gasteiger partial charge in [-0.3, -0.25) is 29.0 Å². The van der Waals surface area contributed by atoms with Crippen molar-refractivity contribution in [3.05, 3.63) is 0 Å². The van der Waals surface area contributed by atoms with Crippen molar-refractivity contribution in [2.45, 2.75) is 13.0 Å². The molecule has 10 heteroatoms. The molecule has 10 nitrogen and oxygen atoms in total. The number of hydrogen-bond acceptors (Lipinski definition) is 6. The number of primary amides is 2. The second kappa shape index (κ2) is 8.87. The maximum absolute atomic E-state index is 10.9. The minimum atomic E-state index is -1.15. The van der Waals surface area contributed by atoms with Gasteiger partial charge in [0.05, 0.1) is 26.2 Å². The summed E-state index contributed by atoms with van der Waals surface area (Å²) in [6, 6.07) is -0.507. The Morgan fingerprint density at radius 3 is 1.76 bits per heavy atom. The Morgan fingerprint density at radius 2 is 1.38 bits per heavy atom. The summed E-state index contributed by atoms with van der Waals surface area (Å²) in [5.74, 6) is -3.71. The molecule has 0 aromatic carbocycles. The van der Waals surface area contributed by atoms with Gasteiger partial charge in [-0.05, 0) is 6.92 Å². The topological polar surface area (TPSA) is 167 Å². The van der Waals surface area contributed by atoms with Crippen molar-refractivity contribution < 1.29 is 29.4 Å². The van der Waals surface area contributed by atoms with Crippen molar-refractivity contribution >= 4 is 23.8 Å². The van der Waals surface area contributed by atoms with Gasteiger partial charge in [-0.1, -0.05) is 0 Å². The summed E-state index contributed by atoms with van der Waals surface area (Å²) in [6.07, 6.45) is 0. The zero-order valence-electron chi connectivity index (χ0n) is 11.7. The van der Waals surface area contributed by atoms with Crippen LogP contribution in [0, 0.1) is 0 Å². The van der Waals surface area contributed by atoms with Gasteiger partial charge in [0.2, 0.25) is 11.8 Å². The number of rotatable bonds is 11. The maximum Gasteiger partial charge on any atom is 0.317 e. The van der Waals surface area contributed by atoms with Crippen LogP contribution in [0.4, 0.5) is 0 Å². The predicted octanol–water partition coefficient (Wildman–Crippen LogP) is -2.88. The van der Waals surface area contributed by atoms with Gasteiger partial charge in [-0.2, -0.15) is 0 Å². The van der Waals surface area contributed by atoms with Gasteiger partial charge in [0.25, 0.3) is 0 Å². The number of hydrogen-bond donors (Lipinski definition) is 4. The van der Waals surface area contributed by atoms with E-state index in [4.69, 9.17) is 21.7 Å². The molecule has 0 spiro atoms. The van der Waals surface area contributed by atoms with E-state index in [0.717, 1.165) is 0 Å². The molecular formula is C11H20N4O6. The molecule has 0 bridgehead atoms. The van der Waals surface area contributed by atoms with E-state index in [1.165, 1.54) is 9.80 Å². The highest BCUT2D eigenvalue weighted by Gasteiger charge is 2.23. The van der Waals surface area contributed by atoms with Crippen LogP contribution in [0.1, 0.15) is 6.92 Å². The van der Waals surface area contributed by atoms with Crippen LogP contribution in [-0.2, 0) is 19.2 Å². The Kier molecular flexibility index (Phi) is 7.94. The molecule has 0 fully saturated rings. The Labute approximate surface area is 121 Å².